The van der Waals surface area contributed by atoms with Crippen molar-refractivity contribution in [3.8, 4) is 0 Å². The summed E-state index contributed by atoms with van der Waals surface area (Å²) < 4.78 is 1.56. The van der Waals surface area contributed by atoms with Gasteiger partial charge in [-0.25, -0.2) is 4.98 Å². The molecule has 1 N–H and O–H groups in total. The van der Waals surface area contributed by atoms with Gasteiger partial charge in [0, 0.05) is 18.7 Å². The third-order valence-corrected chi connectivity index (χ3v) is 3.93. The zero-order chi connectivity index (χ0) is 16.6. The number of non-ortho nitro benzene ring substituents is 1. The molecule has 0 spiro atoms. The molecule has 9 heteroatoms. The minimum absolute atomic E-state index is 0.0483. The Labute approximate surface area is 136 Å². The standard InChI is InChI=1S/C14H13ClN6O2/c1-8-12(15)9(2)20-14(17-8)18-13(19-20)16-7-10-4-3-5-11(6-10)21(22)23/h3-6H,7H2,1-2H3,(H,16,19). The molecule has 2 aromatic heterocycles. The Kier molecular flexibility index (Phi) is 3.83. The fourth-order valence-electron chi connectivity index (χ4n) is 2.19. The maximum atomic E-state index is 10.8. The molecule has 0 saturated heterocycles. The van der Waals surface area contributed by atoms with Crippen molar-refractivity contribution in [2.45, 2.75) is 20.4 Å². The Morgan fingerprint density at radius 2 is 2.13 bits per heavy atom. The molecule has 0 radical (unpaired) electrons. The second kappa shape index (κ2) is 5.81. The molecular weight excluding hydrogens is 320 g/mol. The molecule has 2 heterocycles. The zero-order valence-electron chi connectivity index (χ0n) is 12.4. The van der Waals surface area contributed by atoms with E-state index in [0.29, 0.717) is 29.0 Å². The molecule has 0 aliphatic heterocycles. The predicted octanol–water partition coefficient (Wildman–Crippen LogP) is 2.91. The van der Waals surface area contributed by atoms with Gasteiger partial charge in [0.1, 0.15) is 0 Å². The van der Waals surface area contributed by atoms with E-state index in [2.05, 4.69) is 20.4 Å². The van der Waals surface area contributed by atoms with Gasteiger partial charge in [-0.2, -0.15) is 9.50 Å². The maximum Gasteiger partial charge on any atom is 0.269 e. The molecule has 118 valence electrons. The number of rotatable bonds is 4. The Bertz CT molecular complexity index is 908. The van der Waals surface area contributed by atoms with Crippen molar-refractivity contribution in [3.63, 3.8) is 0 Å². The van der Waals surface area contributed by atoms with Gasteiger partial charge in [-0.1, -0.05) is 23.7 Å². The molecule has 0 aliphatic rings. The maximum absolute atomic E-state index is 10.8. The number of fused-ring (bicyclic) bond motifs is 1. The summed E-state index contributed by atoms with van der Waals surface area (Å²) in [5.41, 5.74) is 2.25. The number of nitrogens with one attached hydrogen (secondary N) is 1. The monoisotopic (exact) mass is 332 g/mol. The summed E-state index contributed by atoms with van der Waals surface area (Å²) >= 11 is 6.15. The number of hydrogen-bond acceptors (Lipinski definition) is 6. The highest BCUT2D eigenvalue weighted by Crippen LogP contribution is 2.20. The molecule has 3 rings (SSSR count). The van der Waals surface area contributed by atoms with Crippen LogP contribution in [0.1, 0.15) is 17.0 Å². The third-order valence-electron chi connectivity index (χ3n) is 3.38. The number of nitro groups is 1. The molecule has 1 aromatic carbocycles. The van der Waals surface area contributed by atoms with E-state index in [-0.39, 0.29) is 5.69 Å². The fourth-order valence-corrected chi connectivity index (χ4v) is 2.31. The Hall–Kier alpha value is -2.74. The topological polar surface area (TPSA) is 98.2 Å². The molecule has 0 unspecified atom stereocenters. The largest absolute Gasteiger partial charge is 0.349 e. The molecule has 3 aromatic rings. The Morgan fingerprint density at radius 3 is 2.87 bits per heavy atom. The summed E-state index contributed by atoms with van der Waals surface area (Å²) in [7, 11) is 0. The highest BCUT2D eigenvalue weighted by atomic mass is 35.5. The summed E-state index contributed by atoms with van der Waals surface area (Å²) in [6.07, 6.45) is 0. The lowest BCUT2D eigenvalue weighted by Gasteiger charge is -2.02. The first kappa shape index (κ1) is 15.2. The van der Waals surface area contributed by atoms with Crippen LogP contribution < -0.4 is 5.32 Å². The number of benzene rings is 1. The van der Waals surface area contributed by atoms with E-state index in [4.69, 9.17) is 11.6 Å². The van der Waals surface area contributed by atoms with E-state index >= 15 is 0 Å². The highest BCUT2D eigenvalue weighted by molar-refractivity contribution is 6.31. The Morgan fingerprint density at radius 1 is 1.35 bits per heavy atom. The van der Waals surface area contributed by atoms with Crippen molar-refractivity contribution >= 4 is 29.0 Å². The van der Waals surface area contributed by atoms with E-state index in [9.17, 15) is 10.1 Å². The zero-order valence-corrected chi connectivity index (χ0v) is 13.2. The first-order chi connectivity index (χ1) is 11.0. The van der Waals surface area contributed by atoms with Gasteiger partial charge >= 0.3 is 0 Å². The van der Waals surface area contributed by atoms with E-state index in [0.717, 1.165) is 11.3 Å². The second-order valence-electron chi connectivity index (χ2n) is 5.02. The lowest BCUT2D eigenvalue weighted by Crippen LogP contribution is -2.02. The molecule has 0 atom stereocenters. The van der Waals surface area contributed by atoms with Crippen molar-refractivity contribution in [2.75, 3.05) is 5.32 Å². The summed E-state index contributed by atoms with van der Waals surface area (Å²) in [6.45, 7) is 4.01. The lowest BCUT2D eigenvalue weighted by molar-refractivity contribution is -0.384. The first-order valence-corrected chi connectivity index (χ1v) is 7.20. The van der Waals surface area contributed by atoms with Gasteiger partial charge in [0.25, 0.3) is 11.5 Å². The second-order valence-corrected chi connectivity index (χ2v) is 5.40. The van der Waals surface area contributed by atoms with Crippen LogP contribution in [0, 0.1) is 24.0 Å². The molecular formula is C14H13ClN6O2. The SMILES string of the molecule is Cc1nc2nc(NCc3cccc([N+](=O)[O-])c3)nn2c(C)c1Cl. The van der Waals surface area contributed by atoms with Gasteiger partial charge in [0.05, 0.1) is 21.3 Å². The van der Waals surface area contributed by atoms with Crippen LogP contribution in [-0.2, 0) is 6.54 Å². The summed E-state index contributed by atoms with van der Waals surface area (Å²) in [6, 6.07) is 6.39. The van der Waals surface area contributed by atoms with E-state index in [1.165, 1.54) is 12.1 Å². The van der Waals surface area contributed by atoms with Crippen LogP contribution in [0.5, 0.6) is 0 Å². The van der Waals surface area contributed by atoms with Gasteiger partial charge in [-0.15, -0.1) is 5.10 Å². The van der Waals surface area contributed by atoms with Crippen molar-refractivity contribution in [1.29, 1.82) is 0 Å². The van der Waals surface area contributed by atoms with Crippen LogP contribution in [0.2, 0.25) is 5.02 Å². The van der Waals surface area contributed by atoms with E-state index in [1.807, 2.05) is 6.92 Å². The molecule has 0 aliphatic carbocycles. The van der Waals surface area contributed by atoms with Crippen molar-refractivity contribution in [1.82, 2.24) is 19.6 Å². The van der Waals surface area contributed by atoms with Crippen LogP contribution >= 0.6 is 11.6 Å². The number of aromatic nitrogens is 4. The summed E-state index contributed by atoms with van der Waals surface area (Å²) in [5.74, 6) is 0.833. The number of nitrogens with zero attached hydrogens (tertiary/aromatic N) is 5. The normalized spacial score (nSPS) is 10.9. The number of aryl methyl sites for hydroxylation is 2. The van der Waals surface area contributed by atoms with Crippen LogP contribution in [0.15, 0.2) is 24.3 Å². The quantitative estimate of drug-likeness (QED) is 0.582. The number of hydrogen-bond donors (Lipinski definition) is 1. The predicted molar refractivity (Wildman–Crippen MR) is 85.7 cm³/mol. The smallest absolute Gasteiger partial charge is 0.269 e. The number of halogens is 1. The summed E-state index contributed by atoms with van der Waals surface area (Å²) in [4.78, 5) is 18.9. The number of nitro benzene ring substituents is 1. The molecule has 8 nitrogen and oxygen atoms in total. The van der Waals surface area contributed by atoms with E-state index < -0.39 is 4.92 Å². The lowest BCUT2D eigenvalue weighted by atomic mass is 10.2. The van der Waals surface area contributed by atoms with Gasteiger partial charge in [-0.3, -0.25) is 10.1 Å². The van der Waals surface area contributed by atoms with Crippen LogP contribution in [0.4, 0.5) is 11.6 Å². The van der Waals surface area contributed by atoms with Crippen molar-refractivity contribution in [3.05, 3.63) is 56.4 Å². The van der Waals surface area contributed by atoms with Crippen LogP contribution in [0.25, 0.3) is 5.78 Å². The Balaban J connectivity index is 1.84. The molecule has 0 amide bonds. The molecule has 23 heavy (non-hydrogen) atoms. The number of anilines is 1. The molecule has 0 fully saturated rings. The molecule has 0 saturated carbocycles. The van der Waals surface area contributed by atoms with E-state index in [1.54, 1.807) is 23.6 Å². The van der Waals surface area contributed by atoms with Crippen molar-refractivity contribution in [2.24, 2.45) is 0 Å². The van der Waals surface area contributed by atoms with Crippen LogP contribution in [-0.4, -0.2) is 24.5 Å². The minimum Gasteiger partial charge on any atom is -0.349 e. The van der Waals surface area contributed by atoms with Gasteiger partial charge in [-0.05, 0) is 19.4 Å². The van der Waals surface area contributed by atoms with Crippen LogP contribution in [0.3, 0.4) is 0 Å². The third kappa shape index (κ3) is 2.93. The van der Waals surface area contributed by atoms with Crippen molar-refractivity contribution < 1.29 is 4.92 Å². The fraction of sp³-hybridized carbons (Fsp3) is 0.214. The first-order valence-electron chi connectivity index (χ1n) is 6.82. The average Bonchev–Trinajstić information content (AvgIpc) is 2.94. The van der Waals surface area contributed by atoms with Gasteiger partial charge < -0.3 is 5.32 Å². The van der Waals surface area contributed by atoms with Gasteiger partial charge in [0.2, 0.25) is 5.95 Å². The highest BCUT2D eigenvalue weighted by Gasteiger charge is 2.12. The summed E-state index contributed by atoms with van der Waals surface area (Å²) in [5, 5.41) is 18.7. The minimum atomic E-state index is -0.426. The molecule has 0 bridgehead atoms. The average molecular weight is 333 g/mol. The van der Waals surface area contributed by atoms with Gasteiger partial charge in [0.15, 0.2) is 0 Å².